The molecule has 0 aliphatic rings. The summed E-state index contributed by atoms with van der Waals surface area (Å²) >= 11 is 10.9. The van der Waals surface area contributed by atoms with Crippen molar-refractivity contribution in [2.24, 2.45) is 0 Å². The SMILES string of the molecule is COc1cc(Br)c2cc(Cl)sc2c1. The van der Waals surface area contributed by atoms with Crippen molar-refractivity contribution >= 4 is 49.0 Å². The van der Waals surface area contributed by atoms with Gasteiger partial charge in [-0.05, 0) is 34.1 Å². The van der Waals surface area contributed by atoms with Gasteiger partial charge in [0.25, 0.3) is 0 Å². The number of halogens is 2. The largest absolute Gasteiger partial charge is 0.497 e. The maximum atomic E-state index is 5.91. The molecular weight excluding hydrogens is 272 g/mol. The first-order valence-corrected chi connectivity index (χ1v) is 5.62. The molecule has 0 spiro atoms. The zero-order chi connectivity index (χ0) is 9.42. The van der Waals surface area contributed by atoms with Gasteiger partial charge in [-0.2, -0.15) is 0 Å². The summed E-state index contributed by atoms with van der Waals surface area (Å²) in [7, 11) is 1.66. The number of rotatable bonds is 1. The number of hydrogen-bond donors (Lipinski definition) is 0. The molecule has 0 radical (unpaired) electrons. The second-order valence-electron chi connectivity index (χ2n) is 2.57. The second-order valence-corrected chi connectivity index (χ2v) is 5.14. The number of fused-ring (bicyclic) bond motifs is 1. The van der Waals surface area contributed by atoms with Gasteiger partial charge in [0.15, 0.2) is 0 Å². The van der Waals surface area contributed by atoms with E-state index in [4.69, 9.17) is 16.3 Å². The van der Waals surface area contributed by atoms with Crippen LogP contribution < -0.4 is 4.74 Å². The van der Waals surface area contributed by atoms with Gasteiger partial charge in [-0.25, -0.2) is 0 Å². The predicted octanol–water partition coefficient (Wildman–Crippen LogP) is 4.33. The molecule has 0 aliphatic heterocycles. The van der Waals surface area contributed by atoms with Crippen LogP contribution in [0, 0.1) is 0 Å². The monoisotopic (exact) mass is 276 g/mol. The fourth-order valence-corrected chi connectivity index (χ4v) is 3.04. The summed E-state index contributed by atoms with van der Waals surface area (Å²) in [6.45, 7) is 0. The molecular formula is C9H6BrClOS. The summed E-state index contributed by atoms with van der Waals surface area (Å²) in [6.07, 6.45) is 0. The van der Waals surface area contributed by atoms with Crippen molar-refractivity contribution in [1.82, 2.24) is 0 Å². The highest BCUT2D eigenvalue weighted by atomic mass is 79.9. The highest BCUT2D eigenvalue weighted by Gasteiger charge is 2.05. The number of methoxy groups -OCH3 is 1. The van der Waals surface area contributed by atoms with E-state index >= 15 is 0 Å². The van der Waals surface area contributed by atoms with Crippen molar-refractivity contribution in [3.05, 3.63) is 27.0 Å². The van der Waals surface area contributed by atoms with Gasteiger partial charge in [0, 0.05) is 14.6 Å². The van der Waals surface area contributed by atoms with Gasteiger partial charge >= 0.3 is 0 Å². The third-order valence-corrected chi connectivity index (χ3v) is 3.63. The first-order chi connectivity index (χ1) is 6.20. The Hall–Kier alpha value is -0.250. The van der Waals surface area contributed by atoms with Crippen molar-refractivity contribution in [3.63, 3.8) is 0 Å². The molecule has 0 N–H and O–H groups in total. The maximum Gasteiger partial charge on any atom is 0.121 e. The van der Waals surface area contributed by atoms with Crippen LogP contribution in [0.5, 0.6) is 5.75 Å². The number of benzene rings is 1. The highest BCUT2D eigenvalue weighted by Crippen LogP contribution is 2.37. The Morgan fingerprint density at radius 1 is 1.38 bits per heavy atom. The van der Waals surface area contributed by atoms with Crippen LogP contribution in [-0.2, 0) is 0 Å². The van der Waals surface area contributed by atoms with Crippen LogP contribution in [0.1, 0.15) is 0 Å². The van der Waals surface area contributed by atoms with Gasteiger partial charge in [-0.15, -0.1) is 11.3 Å². The third kappa shape index (κ3) is 1.68. The van der Waals surface area contributed by atoms with Crippen LogP contribution in [-0.4, -0.2) is 7.11 Å². The maximum absolute atomic E-state index is 5.91. The molecule has 0 bridgehead atoms. The highest BCUT2D eigenvalue weighted by molar-refractivity contribution is 9.10. The minimum atomic E-state index is 0.795. The van der Waals surface area contributed by atoms with Crippen molar-refractivity contribution in [2.45, 2.75) is 0 Å². The lowest BCUT2D eigenvalue weighted by Gasteiger charge is -2.00. The molecule has 0 atom stereocenters. The standard InChI is InChI=1S/C9H6BrClOS/c1-12-5-2-7(10)6-4-9(11)13-8(6)3-5/h2-4H,1H3. The topological polar surface area (TPSA) is 9.23 Å². The van der Waals surface area contributed by atoms with Gasteiger partial charge in [0.2, 0.25) is 0 Å². The summed E-state index contributed by atoms with van der Waals surface area (Å²) in [5.74, 6) is 0.845. The molecule has 2 rings (SSSR count). The summed E-state index contributed by atoms with van der Waals surface area (Å²) in [5.41, 5.74) is 0. The van der Waals surface area contributed by atoms with Crippen molar-refractivity contribution in [3.8, 4) is 5.75 Å². The first kappa shape index (κ1) is 9.31. The van der Waals surface area contributed by atoms with E-state index in [1.54, 1.807) is 18.4 Å². The van der Waals surface area contributed by atoms with Crippen molar-refractivity contribution in [2.75, 3.05) is 7.11 Å². The third-order valence-electron chi connectivity index (χ3n) is 1.77. The van der Waals surface area contributed by atoms with Gasteiger partial charge in [0.05, 0.1) is 11.4 Å². The Labute approximate surface area is 93.4 Å². The first-order valence-electron chi connectivity index (χ1n) is 3.63. The predicted molar refractivity (Wildman–Crippen MR) is 61.1 cm³/mol. The Bertz CT molecular complexity index is 452. The molecule has 1 aromatic carbocycles. The van der Waals surface area contributed by atoms with Crippen LogP contribution in [0.4, 0.5) is 0 Å². The van der Waals surface area contributed by atoms with Crippen LogP contribution in [0.2, 0.25) is 4.34 Å². The fraction of sp³-hybridized carbons (Fsp3) is 0.111. The second kappa shape index (κ2) is 3.48. The molecule has 0 aliphatic carbocycles. The Kier molecular flexibility index (Phi) is 2.49. The van der Waals surface area contributed by atoms with Crippen molar-refractivity contribution in [1.29, 1.82) is 0 Å². The summed E-state index contributed by atoms with van der Waals surface area (Å²) < 4.78 is 8.10. The van der Waals surface area contributed by atoms with E-state index in [-0.39, 0.29) is 0 Å². The van der Waals surface area contributed by atoms with Gasteiger partial charge in [-0.1, -0.05) is 11.6 Å². The molecule has 4 heteroatoms. The van der Waals surface area contributed by atoms with Crippen LogP contribution in [0.3, 0.4) is 0 Å². The molecule has 1 aromatic heterocycles. The zero-order valence-corrected chi connectivity index (χ0v) is 9.96. The van der Waals surface area contributed by atoms with E-state index in [9.17, 15) is 0 Å². The molecule has 1 nitrogen and oxygen atoms in total. The Morgan fingerprint density at radius 3 is 2.85 bits per heavy atom. The lowest BCUT2D eigenvalue weighted by molar-refractivity contribution is 0.415. The van der Waals surface area contributed by atoms with E-state index in [2.05, 4.69) is 15.9 Å². The molecule has 2 aromatic rings. The zero-order valence-electron chi connectivity index (χ0n) is 6.80. The summed E-state index contributed by atoms with van der Waals surface area (Å²) in [4.78, 5) is 0. The van der Waals surface area contributed by atoms with Crippen LogP contribution >= 0.6 is 38.9 Å². The van der Waals surface area contributed by atoms with E-state index in [1.165, 1.54) is 0 Å². The molecule has 0 saturated carbocycles. The lowest BCUT2D eigenvalue weighted by atomic mass is 10.2. The smallest absolute Gasteiger partial charge is 0.121 e. The lowest BCUT2D eigenvalue weighted by Crippen LogP contribution is -1.81. The Morgan fingerprint density at radius 2 is 2.15 bits per heavy atom. The minimum absolute atomic E-state index is 0.795. The summed E-state index contributed by atoms with van der Waals surface area (Å²) in [6, 6.07) is 5.87. The Balaban J connectivity index is 2.75. The molecule has 0 fully saturated rings. The average molecular weight is 278 g/mol. The van der Waals surface area contributed by atoms with E-state index in [1.807, 2.05) is 18.2 Å². The van der Waals surface area contributed by atoms with Gasteiger partial charge < -0.3 is 4.74 Å². The fourth-order valence-electron chi connectivity index (χ4n) is 1.16. The van der Waals surface area contributed by atoms with E-state index in [0.717, 1.165) is 24.6 Å². The summed E-state index contributed by atoms with van der Waals surface area (Å²) in [5, 5.41) is 1.14. The quantitative estimate of drug-likeness (QED) is 0.754. The molecule has 0 unspecified atom stereocenters. The van der Waals surface area contributed by atoms with E-state index in [0.29, 0.717) is 0 Å². The number of ether oxygens (including phenoxy) is 1. The average Bonchev–Trinajstić information content (AvgIpc) is 2.46. The van der Waals surface area contributed by atoms with Crippen molar-refractivity contribution < 1.29 is 4.74 Å². The normalized spacial score (nSPS) is 10.7. The number of hydrogen-bond acceptors (Lipinski definition) is 2. The number of thiophene rings is 1. The van der Waals surface area contributed by atoms with Gasteiger partial charge in [-0.3, -0.25) is 0 Å². The van der Waals surface area contributed by atoms with Gasteiger partial charge in [0.1, 0.15) is 5.75 Å². The van der Waals surface area contributed by atoms with Crippen LogP contribution in [0.25, 0.3) is 10.1 Å². The molecule has 1 heterocycles. The molecule has 0 amide bonds. The van der Waals surface area contributed by atoms with Crippen LogP contribution in [0.15, 0.2) is 22.7 Å². The minimum Gasteiger partial charge on any atom is -0.497 e. The molecule has 13 heavy (non-hydrogen) atoms. The molecule has 68 valence electrons. The molecule has 0 saturated heterocycles. The van der Waals surface area contributed by atoms with E-state index < -0.39 is 0 Å².